The Balaban J connectivity index is 2.06. The van der Waals surface area contributed by atoms with E-state index >= 15 is 0 Å². The first kappa shape index (κ1) is 13.6. The maximum atomic E-state index is 13.8. The first-order valence-electron chi connectivity index (χ1n) is 5.91. The monoisotopic (exact) mass is 318 g/mol. The van der Waals surface area contributed by atoms with Crippen LogP contribution in [0.4, 0.5) is 4.39 Å². The minimum Gasteiger partial charge on any atom is -0.504 e. The molecule has 0 radical (unpaired) electrons. The molecule has 0 amide bonds. The number of nitrogens with zero attached hydrogens (tertiary/aromatic N) is 1. The Morgan fingerprint density at radius 1 is 1.33 bits per heavy atom. The number of aromatic hydroxyl groups is 2. The molecule has 100 valence electrons. The summed E-state index contributed by atoms with van der Waals surface area (Å²) in [6.07, 6.45) is 0.500. The van der Waals surface area contributed by atoms with Gasteiger partial charge in [-0.25, -0.2) is 4.39 Å². The second-order valence-electron chi connectivity index (χ2n) is 4.36. The molecule has 1 heterocycles. The zero-order valence-corrected chi connectivity index (χ0v) is 11.5. The standard InChI is InChI=1S/C12H16BrFN2O2/c13-9-7-10(17)12(18)11(14)8(9)1-4-16-5-2-15-3-6-16/h7,15,17-18H,1-6H2. The van der Waals surface area contributed by atoms with Crippen molar-refractivity contribution in [2.45, 2.75) is 6.42 Å². The summed E-state index contributed by atoms with van der Waals surface area (Å²) < 4.78 is 14.3. The van der Waals surface area contributed by atoms with Gasteiger partial charge in [-0.05, 0) is 12.5 Å². The van der Waals surface area contributed by atoms with Crippen molar-refractivity contribution >= 4 is 15.9 Å². The lowest BCUT2D eigenvalue weighted by atomic mass is 10.1. The van der Waals surface area contributed by atoms with Gasteiger partial charge in [-0.3, -0.25) is 0 Å². The van der Waals surface area contributed by atoms with Crippen LogP contribution in [0.2, 0.25) is 0 Å². The Bertz CT molecular complexity index is 437. The maximum absolute atomic E-state index is 13.8. The Kier molecular flexibility index (Phi) is 4.42. The van der Waals surface area contributed by atoms with Gasteiger partial charge in [-0.2, -0.15) is 0 Å². The highest BCUT2D eigenvalue weighted by molar-refractivity contribution is 9.10. The van der Waals surface area contributed by atoms with Crippen LogP contribution >= 0.6 is 15.9 Å². The molecule has 0 spiro atoms. The molecule has 0 atom stereocenters. The van der Waals surface area contributed by atoms with Gasteiger partial charge in [-0.1, -0.05) is 15.9 Å². The molecule has 3 N–H and O–H groups in total. The predicted molar refractivity (Wildman–Crippen MR) is 70.4 cm³/mol. The fourth-order valence-corrected chi connectivity index (χ4v) is 2.66. The number of phenolic OH excluding ortho intramolecular Hbond substituents is 2. The molecule has 2 rings (SSSR count). The molecule has 0 aliphatic carbocycles. The van der Waals surface area contributed by atoms with Crippen LogP contribution in [-0.4, -0.2) is 47.8 Å². The van der Waals surface area contributed by atoms with Gasteiger partial charge in [-0.15, -0.1) is 0 Å². The Morgan fingerprint density at radius 3 is 2.67 bits per heavy atom. The number of phenols is 2. The Morgan fingerprint density at radius 2 is 2.00 bits per heavy atom. The van der Waals surface area contributed by atoms with E-state index in [0.717, 1.165) is 32.7 Å². The summed E-state index contributed by atoms with van der Waals surface area (Å²) in [7, 11) is 0. The zero-order chi connectivity index (χ0) is 13.1. The lowest BCUT2D eigenvalue weighted by molar-refractivity contribution is 0.242. The van der Waals surface area contributed by atoms with E-state index in [1.165, 1.54) is 6.07 Å². The normalized spacial score (nSPS) is 17.0. The van der Waals surface area contributed by atoms with Crippen LogP contribution in [0, 0.1) is 5.82 Å². The quantitative estimate of drug-likeness (QED) is 0.738. The van der Waals surface area contributed by atoms with E-state index < -0.39 is 17.3 Å². The molecule has 1 aliphatic rings. The zero-order valence-electron chi connectivity index (χ0n) is 9.92. The largest absolute Gasteiger partial charge is 0.504 e. The van der Waals surface area contributed by atoms with Crippen molar-refractivity contribution < 1.29 is 14.6 Å². The molecule has 1 saturated heterocycles. The summed E-state index contributed by atoms with van der Waals surface area (Å²) >= 11 is 3.22. The Labute approximate surface area is 114 Å². The highest BCUT2D eigenvalue weighted by atomic mass is 79.9. The molecule has 0 saturated carbocycles. The smallest absolute Gasteiger partial charge is 0.194 e. The van der Waals surface area contributed by atoms with Gasteiger partial charge in [0.2, 0.25) is 0 Å². The van der Waals surface area contributed by atoms with E-state index in [4.69, 9.17) is 0 Å². The Hall–Kier alpha value is -0.850. The van der Waals surface area contributed by atoms with Gasteiger partial charge in [0.1, 0.15) is 0 Å². The number of rotatable bonds is 3. The third kappa shape index (κ3) is 2.93. The predicted octanol–water partition coefficient (Wildman–Crippen LogP) is 1.45. The van der Waals surface area contributed by atoms with Crippen LogP contribution in [-0.2, 0) is 6.42 Å². The van der Waals surface area contributed by atoms with Gasteiger partial charge in [0.15, 0.2) is 17.3 Å². The van der Waals surface area contributed by atoms with Gasteiger partial charge in [0.25, 0.3) is 0 Å². The van der Waals surface area contributed by atoms with E-state index in [-0.39, 0.29) is 0 Å². The summed E-state index contributed by atoms with van der Waals surface area (Å²) in [5.41, 5.74) is 0.406. The molecule has 1 aromatic rings. The van der Waals surface area contributed by atoms with Crippen LogP contribution < -0.4 is 5.32 Å². The summed E-state index contributed by atoms with van der Waals surface area (Å²) in [6.45, 7) is 4.53. The average Bonchev–Trinajstić information content (AvgIpc) is 2.37. The number of benzene rings is 1. The van der Waals surface area contributed by atoms with Crippen LogP contribution in [0.25, 0.3) is 0 Å². The summed E-state index contributed by atoms with van der Waals surface area (Å²) in [5, 5.41) is 21.9. The first-order valence-corrected chi connectivity index (χ1v) is 6.70. The van der Waals surface area contributed by atoms with Crippen molar-refractivity contribution in [3.05, 3.63) is 21.9 Å². The van der Waals surface area contributed by atoms with E-state index in [0.29, 0.717) is 16.5 Å². The van der Waals surface area contributed by atoms with Gasteiger partial charge >= 0.3 is 0 Å². The van der Waals surface area contributed by atoms with Crippen LogP contribution in [0.3, 0.4) is 0 Å². The number of halogens is 2. The number of piperazine rings is 1. The lowest BCUT2D eigenvalue weighted by Crippen LogP contribution is -2.44. The highest BCUT2D eigenvalue weighted by Gasteiger charge is 2.17. The molecular weight excluding hydrogens is 303 g/mol. The van der Waals surface area contributed by atoms with Crippen molar-refractivity contribution in [3.8, 4) is 11.5 Å². The van der Waals surface area contributed by atoms with Crippen molar-refractivity contribution in [1.82, 2.24) is 10.2 Å². The maximum Gasteiger partial charge on any atom is 0.194 e. The second-order valence-corrected chi connectivity index (χ2v) is 5.21. The summed E-state index contributed by atoms with van der Waals surface area (Å²) in [5.74, 6) is -1.85. The minimum atomic E-state index is -0.739. The van der Waals surface area contributed by atoms with Crippen LogP contribution in [0.5, 0.6) is 11.5 Å². The summed E-state index contributed by atoms with van der Waals surface area (Å²) in [4.78, 5) is 2.24. The molecule has 18 heavy (non-hydrogen) atoms. The molecule has 0 unspecified atom stereocenters. The van der Waals surface area contributed by atoms with Crippen LogP contribution in [0.15, 0.2) is 10.5 Å². The third-order valence-corrected chi connectivity index (χ3v) is 3.86. The molecule has 1 aromatic carbocycles. The molecule has 6 heteroatoms. The van der Waals surface area contributed by atoms with Crippen molar-refractivity contribution in [2.24, 2.45) is 0 Å². The van der Waals surface area contributed by atoms with Gasteiger partial charge in [0.05, 0.1) is 0 Å². The fourth-order valence-electron chi connectivity index (χ4n) is 2.07. The number of hydrogen-bond donors (Lipinski definition) is 3. The minimum absolute atomic E-state index is 0.406. The van der Waals surface area contributed by atoms with Gasteiger partial charge < -0.3 is 20.4 Å². The number of hydrogen-bond acceptors (Lipinski definition) is 4. The third-order valence-electron chi connectivity index (χ3n) is 3.15. The van der Waals surface area contributed by atoms with Crippen molar-refractivity contribution in [1.29, 1.82) is 0 Å². The second kappa shape index (κ2) is 5.86. The van der Waals surface area contributed by atoms with E-state index in [2.05, 4.69) is 26.1 Å². The van der Waals surface area contributed by atoms with E-state index in [1.54, 1.807) is 0 Å². The fraction of sp³-hybridized carbons (Fsp3) is 0.500. The first-order chi connectivity index (χ1) is 8.59. The van der Waals surface area contributed by atoms with Crippen molar-refractivity contribution in [3.63, 3.8) is 0 Å². The molecule has 0 bridgehead atoms. The molecule has 1 aliphatic heterocycles. The molecule has 1 fully saturated rings. The summed E-state index contributed by atoms with van der Waals surface area (Å²) in [6, 6.07) is 1.32. The number of nitrogens with one attached hydrogen (secondary N) is 1. The van der Waals surface area contributed by atoms with E-state index in [1.807, 2.05) is 0 Å². The average molecular weight is 319 g/mol. The SMILES string of the molecule is Oc1cc(Br)c(CCN2CCNCC2)c(F)c1O. The van der Waals surface area contributed by atoms with Crippen molar-refractivity contribution in [2.75, 3.05) is 32.7 Å². The van der Waals surface area contributed by atoms with Crippen LogP contribution in [0.1, 0.15) is 5.56 Å². The molecule has 0 aromatic heterocycles. The lowest BCUT2D eigenvalue weighted by Gasteiger charge is -2.27. The highest BCUT2D eigenvalue weighted by Crippen LogP contribution is 2.35. The molecular formula is C12H16BrFN2O2. The van der Waals surface area contributed by atoms with Gasteiger partial charge in [0, 0.05) is 42.8 Å². The molecule has 4 nitrogen and oxygen atoms in total. The van der Waals surface area contributed by atoms with E-state index in [9.17, 15) is 14.6 Å². The topological polar surface area (TPSA) is 55.7 Å².